The normalized spacial score (nSPS) is 34.3. The summed E-state index contributed by atoms with van der Waals surface area (Å²) in [4.78, 5) is 0. The topological polar surface area (TPSA) is 111 Å². The third kappa shape index (κ3) is 1.40. The number of hydrogen-bond donors (Lipinski definition) is 3. The van der Waals surface area contributed by atoms with Crippen LogP contribution in [0.15, 0.2) is 28.3 Å². The average molecular weight is 214 g/mol. The smallest absolute Gasteiger partial charge is 0.322 e. The third-order valence-electron chi connectivity index (χ3n) is 2.15. The molecule has 1 aliphatic heterocycles. The van der Waals surface area contributed by atoms with Gasteiger partial charge in [-0.05, 0) is 6.08 Å². The Balaban J connectivity index is 2.49. The van der Waals surface area contributed by atoms with Crippen LogP contribution in [0.1, 0.15) is 0 Å². The Morgan fingerprint density at radius 2 is 2.14 bits per heavy atom. The van der Waals surface area contributed by atoms with Crippen LogP contribution in [0, 0.1) is 5.92 Å². The predicted molar refractivity (Wildman–Crippen MR) is 52.4 cm³/mol. The molecule has 0 radical (unpaired) electrons. The van der Waals surface area contributed by atoms with Gasteiger partial charge in [0.2, 0.25) is 0 Å². The van der Waals surface area contributed by atoms with E-state index in [1.807, 2.05) is 0 Å². The van der Waals surface area contributed by atoms with Crippen LogP contribution < -0.4 is 16.2 Å². The molecule has 5 N–H and O–H groups in total. The van der Waals surface area contributed by atoms with Crippen molar-refractivity contribution in [2.45, 2.75) is 6.04 Å². The molecule has 0 aromatic heterocycles. The minimum atomic E-state index is -3.65. The van der Waals surface area contributed by atoms with E-state index in [1.54, 1.807) is 18.2 Å². The van der Waals surface area contributed by atoms with Crippen molar-refractivity contribution in [2.24, 2.45) is 21.8 Å². The Labute approximate surface area is 81.6 Å². The molecule has 0 spiro atoms. The zero-order chi connectivity index (χ0) is 10.3. The van der Waals surface area contributed by atoms with Crippen LogP contribution in [0.25, 0.3) is 0 Å². The Bertz CT molecular complexity index is 448. The van der Waals surface area contributed by atoms with Gasteiger partial charge in [0.25, 0.3) is 0 Å². The molecule has 2 unspecified atom stereocenters. The lowest BCUT2D eigenvalue weighted by Crippen LogP contribution is -2.51. The number of nitrogens with two attached hydrogens (primary N) is 2. The molecule has 0 saturated heterocycles. The minimum absolute atomic E-state index is 0.0341. The lowest BCUT2D eigenvalue weighted by Gasteiger charge is -2.30. The Morgan fingerprint density at radius 3 is 2.86 bits per heavy atom. The largest absolute Gasteiger partial charge is 0.401 e. The van der Waals surface area contributed by atoms with Crippen LogP contribution >= 0.6 is 0 Å². The van der Waals surface area contributed by atoms with Gasteiger partial charge < -0.3 is 11.5 Å². The van der Waals surface area contributed by atoms with Gasteiger partial charge in [0, 0.05) is 5.70 Å². The fraction of sp³-hybridized carbons (Fsp3) is 0.286. The number of rotatable bonds is 0. The van der Waals surface area contributed by atoms with Gasteiger partial charge in [-0.25, -0.2) is 0 Å². The predicted octanol–water partition coefficient (Wildman–Crippen LogP) is -1.41. The Hall–Kier alpha value is -1.34. The van der Waals surface area contributed by atoms with E-state index in [4.69, 9.17) is 11.5 Å². The molecule has 0 bridgehead atoms. The number of nitrogens with one attached hydrogen (secondary N) is 1. The zero-order valence-electron chi connectivity index (χ0n) is 7.21. The molecule has 2 rings (SSSR count). The number of hydrogen-bond acceptors (Lipinski definition) is 4. The summed E-state index contributed by atoms with van der Waals surface area (Å²) in [7, 11) is -3.65. The van der Waals surface area contributed by atoms with Crippen molar-refractivity contribution < 1.29 is 8.42 Å². The van der Waals surface area contributed by atoms with Gasteiger partial charge in [0.05, 0.1) is 12.0 Å². The van der Waals surface area contributed by atoms with Crippen LogP contribution in [0.2, 0.25) is 0 Å². The van der Waals surface area contributed by atoms with Crippen LogP contribution in [0.5, 0.6) is 0 Å². The second kappa shape index (κ2) is 2.82. The van der Waals surface area contributed by atoms with Crippen molar-refractivity contribution in [2.75, 3.05) is 0 Å². The van der Waals surface area contributed by atoms with Crippen LogP contribution in [-0.2, 0) is 10.2 Å². The van der Waals surface area contributed by atoms with Crippen molar-refractivity contribution in [1.29, 1.82) is 0 Å². The van der Waals surface area contributed by atoms with E-state index >= 15 is 0 Å². The molecule has 76 valence electrons. The monoisotopic (exact) mass is 214 g/mol. The zero-order valence-corrected chi connectivity index (χ0v) is 8.03. The summed E-state index contributed by atoms with van der Waals surface area (Å²) < 4.78 is 28.0. The van der Waals surface area contributed by atoms with Gasteiger partial charge in [0.1, 0.15) is 5.84 Å². The highest BCUT2D eigenvalue weighted by atomic mass is 32.2. The van der Waals surface area contributed by atoms with Gasteiger partial charge in [-0.3, -0.25) is 0 Å². The SMILES string of the molecule is NC1=CC=CC2NS(=O)(=O)N=C(N)C12. The number of amidine groups is 1. The molecule has 14 heavy (non-hydrogen) atoms. The lowest BCUT2D eigenvalue weighted by molar-refractivity contribution is 0.541. The van der Waals surface area contributed by atoms with Gasteiger partial charge in [-0.15, -0.1) is 4.40 Å². The fourth-order valence-corrected chi connectivity index (χ4v) is 2.57. The van der Waals surface area contributed by atoms with E-state index in [9.17, 15) is 8.42 Å². The molecule has 0 aromatic rings. The summed E-state index contributed by atoms with van der Waals surface area (Å²) >= 11 is 0. The quantitative estimate of drug-likeness (QED) is 0.460. The molecule has 2 aliphatic rings. The lowest BCUT2D eigenvalue weighted by atomic mass is 9.92. The first-order valence-electron chi connectivity index (χ1n) is 4.01. The molecule has 6 nitrogen and oxygen atoms in total. The highest BCUT2D eigenvalue weighted by Gasteiger charge is 2.35. The van der Waals surface area contributed by atoms with Crippen molar-refractivity contribution in [3.05, 3.63) is 23.9 Å². The molecular weight excluding hydrogens is 204 g/mol. The number of fused-ring (bicyclic) bond motifs is 1. The second-order valence-corrected chi connectivity index (χ2v) is 4.53. The summed E-state index contributed by atoms with van der Waals surface area (Å²) in [6.45, 7) is 0. The molecule has 0 fully saturated rings. The van der Waals surface area contributed by atoms with Crippen molar-refractivity contribution in [3.8, 4) is 0 Å². The van der Waals surface area contributed by atoms with Crippen molar-refractivity contribution >= 4 is 16.0 Å². The summed E-state index contributed by atoms with van der Waals surface area (Å²) in [6, 6.07) is -0.414. The van der Waals surface area contributed by atoms with E-state index in [2.05, 4.69) is 9.12 Å². The van der Waals surface area contributed by atoms with Gasteiger partial charge in [-0.1, -0.05) is 12.2 Å². The first-order chi connectivity index (χ1) is 6.49. The molecule has 7 heteroatoms. The van der Waals surface area contributed by atoms with E-state index in [-0.39, 0.29) is 11.8 Å². The first kappa shape index (κ1) is 9.22. The van der Waals surface area contributed by atoms with Gasteiger partial charge in [0.15, 0.2) is 0 Å². The van der Waals surface area contributed by atoms with Gasteiger partial charge in [-0.2, -0.15) is 13.1 Å². The Kier molecular flexibility index (Phi) is 1.86. The maximum atomic E-state index is 11.1. The second-order valence-electron chi connectivity index (χ2n) is 3.16. The average Bonchev–Trinajstić information content (AvgIpc) is 2.00. The van der Waals surface area contributed by atoms with Crippen LogP contribution in [0.4, 0.5) is 0 Å². The van der Waals surface area contributed by atoms with E-state index in [1.165, 1.54) is 0 Å². The molecular formula is C7H10N4O2S. The van der Waals surface area contributed by atoms with Gasteiger partial charge >= 0.3 is 10.2 Å². The number of allylic oxidation sites excluding steroid dienone is 2. The molecule has 1 heterocycles. The van der Waals surface area contributed by atoms with E-state index in [0.717, 1.165) is 0 Å². The summed E-state index contributed by atoms with van der Waals surface area (Å²) in [5.41, 5.74) is 11.7. The van der Waals surface area contributed by atoms with E-state index < -0.39 is 16.3 Å². The summed E-state index contributed by atoms with van der Waals surface area (Å²) in [6.07, 6.45) is 5.07. The molecule has 0 amide bonds. The summed E-state index contributed by atoms with van der Waals surface area (Å²) in [5, 5.41) is 0. The molecule has 0 saturated carbocycles. The van der Waals surface area contributed by atoms with E-state index in [0.29, 0.717) is 5.70 Å². The minimum Gasteiger partial charge on any atom is -0.401 e. The maximum Gasteiger partial charge on any atom is 0.322 e. The third-order valence-corrected chi connectivity index (χ3v) is 3.18. The fourth-order valence-electron chi connectivity index (χ4n) is 1.56. The molecule has 1 aliphatic carbocycles. The highest BCUT2D eigenvalue weighted by Crippen LogP contribution is 2.21. The highest BCUT2D eigenvalue weighted by molar-refractivity contribution is 7.88. The van der Waals surface area contributed by atoms with Crippen molar-refractivity contribution in [3.63, 3.8) is 0 Å². The maximum absolute atomic E-state index is 11.1. The van der Waals surface area contributed by atoms with Crippen LogP contribution in [-0.4, -0.2) is 20.3 Å². The van der Waals surface area contributed by atoms with Crippen molar-refractivity contribution in [1.82, 2.24) is 4.72 Å². The Morgan fingerprint density at radius 1 is 1.43 bits per heavy atom. The van der Waals surface area contributed by atoms with Crippen LogP contribution in [0.3, 0.4) is 0 Å². The first-order valence-corrected chi connectivity index (χ1v) is 5.45. The molecule has 0 aromatic carbocycles. The summed E-state index contributed by atoms with van der Waals surface area (Å²) in [5.74, 6) is -0.324. The standard InChI is InChI=1S/C7H10N4O2S/c8-4-2-1-3-5-6(4)7(9)11-14(12,13)10-5/h1-3,5-6,10H,8H2,(H2,9,11). The molecule has 2 atom stereocenters. The number of nitrogens with zero attached hydrogens (tertiary/aromatic N) is 1.